The lowest BCUT2D eigenvalue weighted by Crippen LogP contribution is -2.25. The molecular weight excluding hydrogens is 467 g/mol. The number of thiazole rings is 1. The number of benzene rings is 2. The Hall–Kier alpha value is -2.13. The molecule has 10 heteroatoms. The molecule has 1 aliphatic carbocycles. The molecule has 2 aromatic carbocycles. The van der Waals surface area contributed by atoms with E-state index in [4.69, 9.17) is 27.9 Å². The Labute approximate surface area is 187 Å². The first-order valence-corrected chi connectivity index (χ1v) is 12.1. The summed E-state index contributed by atoms with van der Waals surface area (Å²) < 4.78 is 31.2. The Morgan fingerprint density at radius 1 is 1.10 bits per heavy atom. The predicted octanol–water partition coefficient (Wildman–Crippen LogP) is 5.14. The number of aromatic nitrogens is 1. The second-order valence-corrected chi connectivity index (χ2v) is 11.1. The quantitative estimate of drug-likeness (QED) is 0.503. The second-order valence-electron chi connectivity index (χ2n) is 6.72. The maximum atomic E-state index is 12.9. The second kappa shape index (κ2) is 8.55. The van der Waals surface area contributed by atoms with Crippen LogP contribution >= 0.6 is 34.5 Å². The van der Waals surface area contributed by atoms with Crippen molar-refractivity contribution in [1.29, 1.82) is 0 Å². The van der Waals surface area contributed by atoms with E-state index in [1.807, 2.05) is 0 Å². The van der Waals surface area contributed by atoms with Crippen LogP contribution in [0.1, 0.15) is 24.5 Å². The predicted molar refractivity (Wildman–Crippen MR) is 117 cm³/mol. The van der Waals surface area contributed by atoms with Crippen molar-refractivity contribution in [3.8, 4) is 5.75 Å². The van der Waals surface area contributed by atoms with Crippen LogP contribution in [-0.4, -0.2) is 24.6 Å². The molecule has 0 spiro atoms. The third-order valence-electron chi connectivity index (χ3n) is 4.49. The van der Waals surface area contributed by atoms with Gasteiger partial charge in [0, 0.05) is 10.6 Å². The van der Waals surface area contributed by atoms with Crippen LogP contribution < -0.4 is 10.1 Å². The van der Waals surface area contributed by atoms with E-state index >= 15 is 0 Å². The van der Waals surface area contributed by atoms with Crippen LogP contribution in [0.3, 0.4) is 0 Å². The molecule has 6 nitrogen and oxygen atoms in total. The molecule has 0 radical (unpaired) electrons. The molecule has 1 heterocycles. The molecule has 1 N–H and O–H groups in total. The van der Waals surface area contributed by atoms with Crippen LogP contribution in [-0.2, 0) is 14.6 Å². The van der Waals surface area contributed by atoms with Gasteiger partial charge < -0.3 is 4.74 Å². The summed E-state index contributed by atoms with van der Waals surface area (Å²) >= 11 is 12.9. The van der Waals surface area contributed by atoms with Gasteiger partial charge >= 0.3 is 0 Å². The summed E-state index contributed by atoms with van der Waals surface area (Å²) in [4.78, 5) is 17.2. The number of nitrogens with one attached hydrogen (secondary N) is 1. The molecule has 0 saturated heterocycles. The highest BCUT2D eigenvalue weighted by Gasteiger charge is 2.37. The number of carbonyl (C=O) groups is 1. The maximum Gasteiger partial charge on any atom is 0.271 e. The van der Waals surface area contributed by atoms with Gasteiger partial charge in [0.15, 0.2) is 15.0 Å². The molecule has 1 unspecified atom stereocenters. The maximum absolute atomic E-state index is 12.9. The van der Waals surface area contributed by atoms with Gasteiger partial charge in [0.05, 0.1) is 16.3 Å². The highest BCUT2D eigenvalue weighted by molar-refractivity contribution is 7.92. The van der Waals surface area contributed by atoms with Gasteiger partial charge in [-0.05, 0) is 49.2 Å². The summed E-state index contributed by atoms with van der Waals surface area (Å²) in [5.41, 5.74) is 0.500. The molecule has 0 bridgehead atoms. The van der Waals surface area contributed by atoms with Gasteiger partial charge in [-0.3, -0.25) is 10.1 Å². The molecular formula is C20H16Cl2N2O4S2. The van der Waals surface area contributed by atoms with Crippen molar-refractivity contribution < 1.29 is 17.9 Å². The van der Waals surface area contributed by atoms with Crippen molar-refractivity contribution in [2.45, 2.75) is 29.1 Å². The molecule has 1 atom stereocenters. The van der Waals surface area contributed by atoms with Crippen molar-refractivity contribution in [3.05, 3.63) is 69.7 Å². The Balaban J connectivity index is 1.61. The van der Waals surface area contributed by atoms with Crippen molar-refractivity contribution in [2.75, 3.05) is 5.32 Å². The molecule has 3 aromatic rings. The molecule has 1 fully saturated rings. The number of hydrogen-bond acceptors (Lipinski definition) is 6. The smallest absolute Gasteiger partial charge is 0.271 e. The van der Waals surface area contributed by atoms with Crippen LogP contribution in [0.15, 0.2) is 59.6 Å². The number of hydrogen-bond donors (Lipinski definition) is 1. The average Bonchev–Trinajstić information content (AvgIpc) is 3.51. The van der Waals surface area contributed by atoms with Gasteiger partial charge in [-0.1, -0.05) is 46.7 Å². The van der Waals surface area contributed by atoms with Gasteiger partial charge in [-0.25, -0.2) is 13.4 Å². The summed E-state index contributed by atoms with van der Waals surface area (Å²) in [6.45, 7) is 0. The molecule has 30 heavy (non-hydrogen) atoms. The van der Waals surface area contributed by atoms with Crippen molar-refractivity contribution in [3.63, 3.8) is 0 Å². The standard InChI is InChI=1S/C20H16Cl2N2O4S2/c21-13-3-5-14(6-4-13)28-18(19(25)24-20-23-11-17(22)29-20)12-1-7-15(8-2-12)30(26,27)16-9-10-16/h1-8,11,16,18H,9-10H2,(H,23,24,25). The lowest BCUT2D eigenvalue weighted by Gasteiger charge is -2.19. The first kappa shape index (κ1) is 21.1. The van der Waals surface area contributed by atoms with Crippen LogP contribution in [0, 0.1) is 0 Å². The number of carbonyl (C=O) groups excluding carboxylic acids is 1. The van der Waals surface area contributed by atoms with Crippen LogP contribution in [0.5, 0.6) is 5.75 Å². The number of nitrogens with zero attached hydrogens (tertiary/aromatic N) is 1. The highest BCUT2D eigenvalue weighted by atomic mass is 35.5. The number of rotatable bonds is 7. The fraction of sp³-hybridized carbons (Fsp3) is 0.200. The highest BCUT2D eigenvalue weighted by Crippen LogP contribution is 2.34. The lowest BCUT2D eigenvalue weighted by atomic mass is 10.1. The minimum absolute atomic E-state index is 0.242. The fourth-order valence-corrected chi connectivity index (χ4v) is 5.41. The zero-order valence-corrected chi connectivity index (χ0v) is 18.6. The Morgan fingerprint density at radius 2 is 1.77 bits per heavy atom. The summed E-state index contributed by atoms with van der Waals surface area (Å²) in [5, 5.41) is 3.25. The van der Waals surface area contributed by atoms with Gasteiger partial charge in [-0.2, -0.15) is 0 Å². The van der Waals surface area contributed by atoms with E-state index in [0.29, 0.717) is 38.6 Å². The number of halogens is 2. The average molecular weight is 483 g/mol. The molecule has 156 valence electrons. The number of ether oxygens (including phenoxy) is 1. The van der Waals surface area contributed by atoms with E-state index in [-0.39, 0.29) is 10.1 Å². The number of anilines is 1. The van der Waals surface area contributed by atoms with E-state index in [9.17, 15) is 13.2 Å². The first-order chi connectivity index (χ1) is 14.3. The Morgan fingerprint density at radius 3 is 2.33 bits per heavy atom. The molecule has 0 aliphatic heterocycles. The third-order valence-corrected chi connectivity index (χ3v) is 8.05. The largest absolute Gasteiger partial charge is 0.476 e. The fourth-order valence-electron chi connectivity index (χ4n) is 2.81. The van der Waals surface area contributed by atoms with Crippen molar-refractivity contribution >= 4 is 55.4 Å². The van der Waals surface area contributed by atoms with Crippen molar-refractivity contribution in [1.82, 2.24) is 4.98 Å². The molecule has 1 amide bonds. The van der Waals surface area contributed by atoms with Gasteiger partial charge in [0.1, 0.15) is 10.1 Å². The summed E-state index contributed by atoms with van der Waals surface area (Å²) in [6.07, 6.45) is 1.77. The minimum Gasteiger partial charge on any atom is -0.476 e. The van der Waals surface area contributed by atoms with E-state index in [1.54, 1.807) is 36.4 Å². The Bertz CT molecular complexity index is 1160. The first-order valence-electron chi connectivity index (χ1n) is 9.01. The number of amides is 1. The lowest BCUT2D eigenvalue weighted by molar-refractivity contribution is -0.123. The zero-order chi connectivity index (χ0) is 21.3. The molecule has 1 aromatic heterocycles. The summed E-state index contributed by atoms with van der Waals surface area (Å²) in [6, 6.07) is 12.8. The monoisotopic (exact) mass is 482 g/mol. The summed E-state index contributed by atoms with van der Waals surface area (Å²) in [7, 11) is -3.32. The van der Waals surface area contributed by atoms with Crippen LogP contribution in [0.2, 0.25) is 9.36 Å². The van der Waals surface area contributed by atoms with Gasteiger partial charge in [0.25, 0.3) is 5.91 Å². The van der Waals surface area contributed by atoms with Gasteiger partial charge in [0.2, 0.25) is 6.10 Å². The molecule has 1 aliphatic rings. The van der Waals surface area contributed by atoms with E-state index in [1.165, 1.54) is 18.3 Å². The summed E-state index contributed by atoms with van der Waals surface area (Å²) in [5.74, 6) is -0.0276. The van der Waals surface area contributed by atoms with Gasteiger partial charge in [-0.15, -0.1) is 0 Å². The van der Waals surface area contributed by atoms with E-state index in [0.717, 1.165) is 11.3 Å². The van der Waals surface area contributed by atoms with E-state index in [2.05, 4.69) is 10.3 Å². The zero-order valence-electron chi connectivity index (χ0n) is 15.4. The normalized spacial score (nSPS) is 14.9. The number of sulfone groups is 1. The molecule has 1 saturated carbocycles. The minimum atomic E-state index is -3.32. The SMILES string of the molecule is O=C(Nc1ncc(Cl)s1)C(Oc1ccc(Cl)cc1)c1ccc(S(=O)(=O)C2CC2)cc1. The third kappa shape index (κ3) is 4.78. The van der Waals surface area contributed by atoms with Crippen LogP contribution in [0.25, 0.3) is 0 Å². The topological polar surface area (TPSA) is 85.4 Å². The Kier molecular flexibility index (Phi) is 6.02. The molecule has 4 rings (SSSR count). The van der Waals surface area contributed by atoms with Crippen LogP contribution in [0.4, 0.5) is 5.13 Å². The van der Waals surface area contributed by atoms with Crippen molar-refractivity contribution in [2.24, 2.45) is 0 Å². The van der Waals surface area contributed by atoms with E-state index < -0.39 is 21.8 Å².